The van der Waals surface area contributed by atoms with Gasteiger partial charge in [0.1, 0.15) is 6.26 Å². The van der Waals surface area contributed by atoms with Crippen LogP contribution in [0.1, 0.15) is 5.56 Å². The van der Waals surface area contributed by atoms with Crippen molar-refractivity contribution < 1.29 is 19.1 Å². The zero-order valence-corrected chi connectivity index (χ0v) is 14.4. The minimum atomic E-state index is 0.0656. The van der Waals surface area contributed by atoms with Crippen molar-refractivity contribution in [3.8, 4) is 34.6 Å². The Morgan fingerprint density at radius 1 is 1.19 bits per heavy atom. The molecular weight excluding hydrogens is 336 g/mol. The molecule has 0 aliphatic carbocycles. The Balaban J connectivity index is 1.88. The lowest BCUT2D eigenvalue weighted by Gasteiger charge is -2.09. The molecule has 0 aliphatic heterocycles. The van der Waals surface area contributed by atoms with Crippen molar-refractivity contribution in [3.63, 3.8) is 0 Å². The van der Waals surface area contributed by atoms with Crippen molar-refractivity contribution >= 4 is 10.9 Å². The van der Waals surface area contributed by atoms with Crippen LogP contribution in [0.15, 0.2) is 41.4 Å². The second kappa shape index (κ2) is 6.07. The maximum Gasteiger partial charge on any atom is 0.256 e. The molecule has 0 aliphatic rings. The van der Waals surface area contributed by atoms with Gasteiger partial charge in [-0.2, -0.15) is 0 Å². The van der Waals surface area contributed by atoms with Crippen LogP contribution in [0.5, 0.6) is 17.5 Å². The van der Waals surface area contributed by atoms with Gasteiger partial charge in [-0.05, 0) is 24.6 Å². The number of nitrogens with zero attached hydrogens (tertiary/aromatic N) is 4. The molecular formula is C18H16N4O4. The van der Waals surface area contributed by atoms with E-state index in [1.807, 2.05) is 19.1 Å². The number of hydrogen-bond donors (Lipinski definition) is 1. The molecule has 26 heavy (non-hydrogen) atoms. The van der Waals surface area contributed by atoms with E-state index in [1.165, 1.54) is 17.9 Å². The maximum absolute atomic E-state index is 10.5. The van der Waals surface area contributed by atoms with Gasteiger partial charge in [0, 0.05) is 24.0 Å². The third-order valence-electron chi connectivity index (χ3n) is 4.15. The first-order chi connectivity index (χ1) is 12.6. The van der Waals surface area contributed by atoms with E-state index in [-0.39, 0.29) is 5.88 Å². The Kier molecular flexibility index (Phi) is 3.72. The Labute approximate surface area is 148 Å². The van der Waals surface area contributed by atoms with Gasteiger partial charge >= 0.3 is 0 Å². The standard InChI is InChI=1S/C18H16N4O4/c1-10-6-12(11-7-14(24-2)17(25-3)19-8-11)20-13-9-22(18(23)16(10)13)15-4-5-26-21-15/h4-9,23H,1-3H3. The summed E-state index contributed by atoms with van der Waals surface area (Å²) in [5.74, 6) is 1.47. The highest BCUT2D eigenvalue weighted by atomic mass is 16.5. The Morgan fingerprint density at radius 3 is 2.73 bits per heavy atom. The number of fused-ring (bicyclic) bond motifs is 1. The van der Waals surface area contributed by atoms with Gasteiger partial charge < -0.3 is 19.1 Å². The molecule has 0 saturated heterocycles. The third kappa shape index (κ3) is 2.43. The molecule has 1 N–H and O–H groups in total. The summed E-state index contributed by atoms with van der Waals surface area (Å²) >= 11 is 0. The van der Waals surface area contributed by atoms with E-state index in [9.17, 15) is 5.11 Å². The largest absolute Gasteiger partial charge is 0.494 e. The van der Waals surface area contributed by atoms with Crippen molar-refractivity contribution in [2.75, 3.05) is 14.2 Å². The summed E-state index contributed by atoms with van der Waals surface area (Å²) in [5.41, 5.74) is 3.00. The second-order valence-electron chi connectivity index (χ2n) is 5.70. The second-order valence-corrected chi connectivity index (χ2v) is 5.70. The number of aromatic nitrogens is 4. The first kappa shape index (κ1) is 15.9. The number of aromatic hydroxyl groups is 1. The lowest BCUT2D eigenvalue weighted by molar-refractivity contribution is 0.343. The molecule has 0 aromatic carbocycles. The lowest BCUT2D eigenvalue weighted by atomic mass is 10.1. The van der Waals surface area contributed by atoms with Crippen molar-refractivity contribution in [2.24, 2.45) is 0 Å². The predicted molar refractivity (Wildman–Crippen MR) is 93.9 cm³/mol. The third-order valence-corrected chi connectivity index (χ3v) is 4.15. The number of methoxy groups -OCH3 is 2. The Morgan fingerprint density at radius 2 is 2.04 bits per heavy atom. The summed E-state index contributed by atoms with van der Waals surface area (Å²) < 4.78 is 16.9. The first-order valence-corrected chi connectivity index (χ1v) is 7.83. The molecule has 0 saturated carbocycles. The van der Waals surface area contributed by atoms with E-state index in [0.717, 1.165) is 11.1 Å². The van der Waals surface area contributed by atoms with Crippen LogP contribution in [-0.2, 0) is 0 Å². The highest BCUT2D eigenvalue weighted by Crippen LogP contribution is 2.35. The monoisotopic (exact) mass is 352 g/mol. The van der Waals surface area contributed by atoms with Crippen molar-refractivity contribution in [1.82, 2.24) is 19.7 Å². The molecule has 4 aromatic rings. The lowest BCUT2D eigenvalue weighted by Crippen LogP contribution is -1.95. The Hall–Kier alpha value is -3.55. The van der Waals surface area contributed by atoms with E-state index in [2.05, 4.69) is 15.1 Å². The fraction of sp³-hybridized carbons (Fsp3) is 0.167. The average molecular weight is 352 g/mol. The predicted octanol–water partition coefficient (Wildman–Crippen LogP) is 3.11. The molecule has 0 unspecified atom stereocenters. The number of aryl methyl sites for hydroxylation is 1. The summed E-state index contributed by atoms with van der Waals surface area (Å²) in [6.07, 6.45) is 4.83. The molecule has 8 nitrogen and oxygen atoms in total. The van der Waals surface area contributed by atoms with Crippen molar-refractivity contribution in [2.45, 2.75) is 6.92 Å². The summed E-state index contributed by atoms with van der Waals surface area (Å²) in [4.78, 5) is 8.91. The number of ether oxygens (including phenoxy) is 2. The van der Waals surface area contributed by atoms with Crippen LogP contribution in [0, 0.1) is 6.92 Å². The molecule has 4 rings (SSSR count). The van der Waals surface area contributed by atoms with Crippen LogP contribution in [0.2, 0.25) is 0 Å². The quantitative estimate of drug-likeness (QED) is 0.603. The molecule has 0 amide bonds. The molecule has 132 valence electrons. The van der Waals surface area contributed by atoms with Gasteiger partial charge in [0.15, 0.2) is 11.6 Å². The van der Waals surface area contributed by atoms with Gasteiger partial charge in [0.05, 0.1) is 30.8 Å². The van der Waals surface area contributed by atoms with Crippen LogP contribution in [0.4, 0.5) is 0 Å². The first-order valence-electron chi connectivity index (χ1n) is 7.83. The zero-order valence-electron chi connectivity index (χ0n) is 14.4. The number of rotatable bonds is 4. The maximum atomic E-state index is 10.5. The molecule has 0 atom stereocenters. The SMILES string of the molecule is COc1cc(-c2cc(C)c3c(O)n(-c4ccon4)cc3n2)cnc1OC. The number of hydrogen-bond acceptors (Lipinski definition) is 7. The Bertz CT molecular complexity index is 1090. The summed E-state index contributed by atoms with van der Waals surface area (Å²) in [6.45, 7) is 1.91. The zero-order chi connectivity index (χ0) is 18.3. The van der Waals surface area contributed by atoms with Crippen LogP contribution >= 0.6 is 0 Å². The minimum absolute atomic E-state index is 0.0656. The molecule has 0 fully saturated rings. The van der Waals surface area contributed by atoms with Gasteiger partial charge in [-0.15, -0.1) is 0 Å². The van der Waals surface area contributed by atoms with Gasteiger partial charge in [0.25, 0.3) is 5.88 Å². The fourth-order valence-corrected chi connectivity index (χ4v) is 2.91. The van der Waals surface area contributed by atoms with Crippen LogP contribution in [0.3, 0.4) is 0 Å². The average Bonchev–Trinajstić information content (AvgIpc) is 3.29. The van der Waals surface area contributed by atoms with Crippen molar-refractivity contribution in [3.05, 3.63) is 42.4 Å². The summed E-state index contributed by atoms with van der Waals surface area (Å²) in [6, 6.07) is 5.36. The minimum Gasteiger partial charge on any atom is -0.494 e. The smallest absolute Gasteiger partial charge is 0.256 e. The number of pyridine rings is 2. The van der Waals surface area contributed by atoms with E-state index >= 15 is 0 Å². The molecule has 0 spiro atoms. The van der Waals surface area contributed by atoms with E-state index < -0.39 is 0 Å². The fourth-order valence-electron chi connectivity index (χ4n) is 2.91. The molecule has 0 radical (unpaired) electrons. The molecule has 0 bridgehead atoms. The van der Waals surface area contributed by atoms with Crippen LogP contribution in [0.25, 0.3) is 28.0 Å². The van der Waals surface area contributed by atoms with Gasteiger partial charge in [0.2, 0.25) is 5.88 Å². The van der Waals surface area contributed by atoms with E-state index in [4.69, 9.17) is 14.0 Å². The van der Waals surface area contributed by atoms with Gasteiger partial charge in [-0.25, -0.2) is 9.97 Å². The van der Waals surface area contributed by atoms with Crippen LogP contribution < -0.4 is 9.47 Å². The highest BCUT2D eigenvalue weighted by molar-refractivity contribution is 5.90. The van der Waals surface area contributed by atoms with E-state index in [1.54, 1.807) is 25.6 Å². The molecule has 8 heteroatoms. The highest BCUT2D eigenvalue weighted by Gasteiger charge is 2.17. The topological polar surface area (TPSA) is 95.4 Å². The molecule has 4 aromatic heterocycles. The molecule has 4 heterocycles. The van der Waals surface area contributed by atoms with Gasteiger partial charge in [-0.3, -0.25) is 4.57 Å². The normalized spacial score (nSPS) is 11.0. The summed E-state index contributed by atoms with van der Waals surface area (Å²) in [7, 11) is 3.09. The van der Waals surface area contributed by atoms with Crippen molar-refractivity contribution in [1.29, 1.82) is 0 Å². The van der Waals surface area contributed by atoms with E-state index in [0.29, 0.717) is 34.0 Å². The summed E-state index contributed by atoms with van der Waals surface area (Å²) in [5, 5.41) is 15.1. The van der Waals surface area contributed by atoms with Crippen LogP contribution in [-0.4, -0.2) is 39.0 Å². The van der Waals surface area contributed by atoms with Gasteiger partial charge in [-0.1, -0.05) is 5.16 Å².